The van der Waals surface area contributed by atoms with Gasteiger partial charge >= 0.3 is 0 Å². The molecule has 1 aliphatic rings. The third-order valence-electron chi connectivity index (χ3n) is 6.25. The van der Waals surface area contributed by atoms with Crippen LogP contribution in [0, 0.1) is 0 Å². The van der Waals surface area contributed by atoms with Gasteiger partial charge in [0.2, 0.25) is 0 Å². The summed E-state index contributed by atoms with van der Waals surface area (Å²) < 4.78 is 0. The van der Waals surface area contributed by atoms with E-state index >= 15 is 0 Å². The minimum atomic E-state index is -0.130. The number of phenolic OH excluding ortho intramolecular Hbond substituents is 2. The van der Waals surface area contributed by atoms with E-state index < -0.39 is 0 Å². The van der Waals surface area contributed by atoms with Crippen molar-refractivity contribution in [1.29, 1.82) is 0 Å². The van der Waals surface area contributed by atoms with Crippen molar-refractivity contribution in [2.75, 3.05) is 0 Å². The number of aliphatic imine (C=N–C) groups is 2. The van der Waals surface area contributed by atoms with Crippen molar-refractivity contribution < 1.29 is 10.2 Å². The highest BCUT2D eigenvalue weighted by Gasteiger charge is 2.25. The van der Waals surface area contributed by atoms with E-state index in [1.807, 2.05) is 36.4 Å². The topological polar surface area (TPSA) is 65.2 Å². The molecular weight excluding hydrogens is 396 g/mol. The van der Waals surface area contributed by atoms with Gasteiger partial charge in [-0.2, -0.15) is 0 Å². The van der Waals surface area contributed by atoms with E-state index in [0.29, 0.717) is 11.5 Å². The second-order valence-corrected chi connectivity index (χ2v) is 11.0. The Morgan fingerprint density at radius 2 is 1.06 bits per heavy atom. The third kappa shape index (κ3) is 5.59. The highest BCUT2D eigenvalue weighted by Crippen LogP contribution is 2.34. The highest BCUT2D eigenvalue weighted by molar-refractivity contribution is 5.85. The quantitative estimate of drug-likeness (QED) is 0.536. The van der Waals surface area contributed by atoms with E-state index in [1.54, 1.807) is 12.4 Å². The molecule has 0 heterocycles. The van der Waals surface area contributed by atoms with E-state index in [2.05, 4.69) is 41.5 Å². The molecule has 0 radical (unpaired) electrons. The predicted molar refractivity (Wildman–Crippen MR) is 135 cm³/mol. The Bertz CT molecular complexity index is 912. The molecule has 0 bridgehead atoms. The maximum Gasteiger partial charge on any atom is 0.128 e. The highest BCUT2D eigenvalue weighted by atomic mass is 16.3. The molecule has 0 aromatic heterocycles. The number of phenols is 2. The molecule has 0 aliphatic heterocycles. The number of nitrogens with zero attached hydrogens (tertiary/aromatic N) is 2. The number of hydrogen-bond acceptors (Lipinski definition) is 4. The molecule has 0 spiro atoms. The Morgan fingerprint density at radius 3 is 1.41 bits per heavy atom. The van der Waals surface area contributed by atoms with Crippen LogP contribution in [0.2, 0.25) is 0 Å². The molecule has 1 aliphatic carbocycles. The molecule has 172 valence electrons. The number of hydrogen-bond donors (Lipinski definition) is 2. The van der Waals surface area contributed by atoms with Gasteiger partial charge in [-0.05, 0) is 46.9 Å². The van der Waals surface area contributed by atoms with Crippen LogP contribution in [-0.4, -0.2) is 34.7 Å². The van der Waals surface area contributed by atoms with Crippen molar-refractivity contribution in [3.8, 4) is 11.5 Å². The van der Waals surface area contributed by atoms with Gasteiger partial charge in [-0.3, -0.25) is 9.98 Å². The van der Waals surface area contributed by atoms with Gasteiger partial charge in [-0.15, -0.1) is 0 Å². The summed E-state index contributed by atoms with van der Waals surface area (Å²) in [6.45, 7) is 12.6. The van der Waals surface area contributed by atoms with Crippen LogP contribution in [0.5, 0.6) is 11.5 Å². The standard InChI is InChI=1S/C28H38N2O2/c1-27(2,3)21-13-9-11-19(25(21)31)17-29-23-15-7-8-16-24(23)30-18-20-12-10-14-22(26(20)32)28(4,5)6/h9-14,17-18,23-24,31-32H,7-8,15-16H2,1-6H3. The van der Waals surface area contributed by atoms with Gasteiger partial charge in [0, 0.05) is 23.6 Å². The van der Waals surface area contributed by atoms with Crippen LogP contribution in [0.4, 0.5) is 0 Å². The zero-order chi connectivity index (χ0) is 23.5. The maximum absolute atomic E-state index is 10.7. The molecule has 0 amide bonds. The molecule has 2 aromatic carbocycles. The maximum atomic E-state index is 10.7. The van der Waals surface area contributed by atoms with Crippen LogP contribution in [0.25, 0.3) is 0 Å². The van der Waals surface area contributed by atoms with Crippen LogP contribution in [0.15, 0.2) is 46.4 Å². The summed E-state index contributed by atoms with van der Waals surface area (Å²) in [5, 5.41) is 21.5. The second kappa shape index (κ2) is 9.48. The average Bonchev–Trinajstić information content (AvgIpc) is 2.71. The molecule has 2 unspecified atom stereocenters. The van der Waals surface area contributed by atoms with Gasteiger partial charge in [-0.25, -0.2) is 0 Å². The minimum Gasteiger partial charge on any atom is -0.507 e. The summed E-state index contributed by atoms with van der Waals surface area (Å²) in [6, 6.07) is 11.9. The third-order valence-corrected chi connectivity index (χ3v) is 6.25. The smallest absolute Gasteiger partial charge is 0.128 e. The zero-order valence-corrected chi connectivity index (χ0v) is 20.4. The van der Waals surface area contributed by atoms with Gasteiger partial charge in [0.15, 0.2) is 0 Å². The molecule has 2 aromatic rings. The SMILES string of the molecule is CC(C)(C)c1cccc(C=NC2CCCCC2N=Cc2cccc(C(C)(C)C)c2O)c1O. The summed E-state index contributed by atoms with van der Waals surface area (Å²) in [6.07, 6.45) is 7.83. The first-order valence-corrected chi connectivity index (χ1v) is 11.7. The van der Waals surface area contributed by atoms with Gasteiger partial charge < -0.3 is 10.2 Å². The first-order chi connectivity index (χ1) is 15.0. The van der Waals surface area contributed by atoms with E-state index in [4.69, 9.17) is 9.98 Å². The van der Waals surface area contributed by atoms with Gasteiger partial charge in [0.25, 0.3) is 0 Å². The fourth-order valence-corrected chi connectivity index (χ4v) is 4.33. The lowest BCUT2D eigenvalue weighted by Gasteiger charge is -2.26. The summed E-state index contributed by atoms with van der Waals surface area (Å²) in [7, 11) is 0. The molecule has 2 N–H and O–H groups in total. The molecule has 32 heavy (non-hydrogen) atoms. The summed E-state index contributed by atoms with van der Waals surface area (Å²) in [5.41, 5.74) is 3.09. The summed E-state index contributed by atoms with van der Waals surface area (Å²) in [4.78, 5) is 9.70. The summed E-state index contributed by atoms with van der Waals surface area (Å²) in [5.74, 6) is 0.618. The number of aromatic hydroxyl groups is 2. The largest absolute Gasteiger partial charge is 0.507 e. The van der Waals surface area contributed by atoms with E-state index in [1.165, 1.54) is 0 Å². The van der Waals surface area contributed by atoms with Gasteiger partial charge in [0.1, 0.15) is 11.5 Å². The molecule has 2 atom stereocenters. The van der Waals surface area contributed by atoms with Crippen molar-refractivity contribution in [2.24, 2.45) is 9.98 Å². The normalized spacial score (nSPS) is 20.3. The van der Waals surface area contributed by atoms with Crippen molar-refractivity contribution in [3.63, 3.8) is 0 Å². The molecule has 1 saturated carbocycles. The van der Waals surface area contributed by atoms with Crippen molar-refractivity contribution in [3.05, 3.63) is 58.7 Å². The van der Waals surface area contributed by atoms with E-state index in [-0.39, 0.29) is 22.9 Å². The van der Waals surface area contributed by atoms with E-state index in [0.717, 1.165) is 47.9 Å². The second-order valence-electron chi connectivity index (χ2n) is 11.0. The Labute approximate surface area is 193 Å². The first kappa shape index (κ1) is 24.0. The van der Waals surface area contributed by atoms with Crippen LogP contribution in [-0.2, 0) is 10.8 Å². The minimum absolute atomic E-state index is 0.0747. The van der Waals surface area contributed by atoms with Crippen molar-refractivity contribution in [1.82, 2.24) is 0 Å². The van der Waals surface area contributed by atoms with Crippen LogP contribution in [0.1, 0.15) is 89.5 Å². The fraction of sp³-hybridized carbons (Fsp3) is 0.500. The Kier molecular flexibility index (Phi) is 7.12. The molecule has 4 nitrogen and oxygen atoms in total. The van der Waals surface area contributed by atoms with Crippen LogP contribution >= 0.6 is 0 Å². The zero-order valence-electron chi connectivity index (χ0n) is 20.4. The average molecular weight is 435 g/mol. The number of para-hydroxylation sites is 2. The van der Waals surface area contributed by atoms with Crippen LogP contribution < -0.4 is 0 Å². The monoisotopic (exact) mass is 434 g/mol. The van der Waals surface area contributed by atoms with Crippen molar-refractivity contribution >= 4 is 12.4 Å². The summed E-state index contributed by atoms with van der Waals surface area (Å²) >= 11 is 0. The molecular formula is C28H38N2O2. The Morgan fingerprint density at radius 1 is 0.688 bits per heavy atom. The molecule has 4 heteroatoms. The van der Waals surface area contributed by atoms with Gasteiger partial charge in [0.05, 0.1) is 12.1 Å². The lowest BCUT2D eigenvalue weighted by Crippen LogP contribution is -2.27. The Balaban J connectivity index is 1.82. The molecule has 1 fully saturated rings. The van der Waals surface area contributed by atoms with Crippen LogP contribution in [0.3, 0.4) is 0 Å². The predicted octanol–water partition coefficient (Wildman–Crippen LogP) is 6.54. The lowest BCUT2D eigenvalue weighted by atomic mass is 9.85. The number of rotatable bonds is 4. The fourth-order valence-electron chi connectivity index (χ4n) is 4.33. The number of benzene rings is 2. The Hall–Kier alpha value is -2.62. The molecule has 3 rings (SSSR count). The first-order valence-electron chi connectivity index (χ1n) is 11.7. The van der Waals surface area contributed by atoms with Gasteiger partial charge in [-0.1, -0.05) is 78.6 Å². The van der Waals surface area contributed by atoms with Crippen molar-refractivity contribution in [2.45, 2.75) is 90.1 Å². The lowest BCUT2D eigenvalue weighted by molar-refractivity contribution is 0.390. The van der Waals surface area contributed by atoms with E-state index in [9.17, 15) is 10.2 Å². The molecule has 0 saturated heterocycles.